The molecule has 0 saturated heterocycles. The van der Waals surface area contributed by atoms with Gasteiger partial charge in [0.15, 0.2) is 0 Å². The van der Waals surface area contributed by atoms with Crippen LogP contribution in [0.25, 0.3) is 0 Å². The Morgan fingerprint density at radius 3 is 2.74 bits per heavy atom. The summed E-state index contributed by atoms with van der Waals surface area (Å²) in [6, 6.07) is 8.50. The smallest absolute Gasteiger partial charge is 0.267 e. The van der Waals surface area contributed by atoms with Crippen LogP contribution < -0.4 is 16.4 Å². The van der Waals surface area contributed by atoms with E-state index in [4.69, 9.17) is 15.7 Å². The number of nitrogen functional groups attached to an aromatic ring is 1. The molecule has 0 heterocycles. The molecule has 0 unspecified atom stereocenters. The van der Waals surface area contributed by atoms with Gasteiger partial charge in [-0.05, 0) is 24.3 Å². The maximum absolute atomic E-state index is 11.8. The minimum Gasteiger partial charge on any atom is -0.399 e. The van der Waals surface area contributed by atoms with Crippen LogP contribution in [0.4, 0.5) is 11.4 Å². The molecular weight excluding hydrogens is 244 g/mol. The summed E-state index contributed by atoms with van der Waals surface area (Å²) in [5.74, 6) is -0.475. The number of nitrogens with zero attached hydrogens (tertiary/aromatic N) is 1. The highest BCUT2D eigenvalue weighted by Crippen LogP contribution is 2.11. The number of carbonyl (C=O) groups excluding carboxylic acids is 1. The molecule has 0 aliphatic carbocycles. The maximum atomic E-state index is 11.8. The molecule has 0 saturated carbocycles. The average molecular weight is 260 g/mol. The van der Waals surface area contributed by atoms with Crippen LogP contribution in [0.2, 0.25) is 0 Å². The van der Waals surface area contributed by atoms with Gasteiger partial charge in [-0.3, -0.25) is 4.79 Å². The molecule has 0 aromatic heterocycles. The Hall–Kier alpha value is -2.52. The molecule has 0 bridgehead atoms. The zero-order valence-corrected chi connectivity index (χ0v) is 10.6. The highest BCUT2D eigenvalue weighted by atomic mass is 16.5. The minimum absolute atomic E-state index is 0.00655. The molecule has 1 aromatic rings. The summed E-state index contributed by atoms with van der Waals surface area (Å²) in [5.41, 5.74) is 6.72. The summed E-state index contributed by atoms with van der Waals surface area (Å²) in [5, 5.41) is 14.3. The van der Waals surface area contributed by atoms with Crippen molar-refractivity contribution in [3.05, 3.63) is 36.0 Å². The lowest BCUT2D eigenvalue weighted by molar-refractivity contribution is -0.112. The van der Waals surface area contributed by atoms with Gasteiger partial charge in [-0.15, -0.1) is 0 Å². The van der Waals surface area contributed by atoms with Crippen LogP contribution in [0.15, 0.2) is 36.0 Å². The largest absolute Gasteiger partial charge is 0.399 e. The number of rotatable bonds is 6. The number of nitrogens with one attached hydrogen (secondary N) is 2. The molecule has 0 radical (unpaired) electrons. The lowest BCUT2D eigenvalue weighted by Gasteiger charge is -2.05. The van der Waals surface area contributed by atoms with E-state index in [1.165, 1.54) is 6.20 Å². The quantitative estimate of drug-likeness (QED) is 0.305. The van der Waals surface area contributed by atoms with Crippen molar-refractivity contribution in [2.75, 3.05) is 31.3 Å². The zero-order valence-electron chi connectivity index (χ0n) is 10.6. The number of methoxy groups -OCH3 is 1. The van der Waals surface area contributed by atoms with Gasteiger partial charge in [0.1, 0.15) is 11.6 Å². The number of hydrogen-bond acceptors (Lipinski definition) is 5. The van der Waals surface area contributed by atoms with Gasteiger partial charge < -0.3 is 21.1 Å². The lowest BCUT2D eigenvalue weighted by Crippen LogP contribution is -2.18. The second-order valence-electron chi connectivity index (χ2n) is 3.69. The first-order chi connectivity index (χ1) is 9.17. The molecule has 6 nitrogen and oxygen atoms in total. The third-order valence-corrected chi connectivity index (χ3v) is 2.23. The van der Waals surface area contributed by atoms with E-state index in [1.807, 2.05) is 6.07 Å². The molecule has 100 valence electrons. The topological polar surface area (TPSA) is 100 Å². The second-order valence-corrected chi connectivity index (χ2v) is 3.69. The minimum atomic E-state index is -0.475. The number of benzene rings is 1. The van der Waals surface area contributed by atoms with Gasteiger partial charge in [-0.1, -0.05) is 0 Å². The fourth-order valence-corrected chi connectivity index (χ4v) is 1.25. The summed E-state index contributed by atoms with van der Waals surface area (Å²) in [6.45, 7) is 1.02. The molecule has 0 aliphatic heterocycles. The first kappa shape index (κ1) is 14.5. The number of nitriles is 1. The maximum Gasteiger partial charge on any atom is 0.267 e. The fourth-order valence-electron chi connectivity index (χ4n) is 1.25. The molecule has 6 heteroatoms. The Labute approximate surface area is 111 Å². The second kappa shape index (κ2) is 7.74. The normalized spacial score (nSPS) is 10.6. The number of nitrogens with two attached hydrogens (primary N) is 1. The molecule has 0 spiro atoms. The van der Waals surface area contributed by atoms with Crippen molar-refractivity contribution in [3.63, 3.8) is 0 Å². The van der Waals surface area contributed by atoms with Crippen LogP contribution in [0.5, 0.6) is 0 Å². The number of carbonyl (C=O) groups is 1. The molecule has 0 atom stereocenters. The van der Waals surface area contributed by atoms with Gasteiger partial charge in [0.2, 0.25) is 0 Å². The van der Waals surface area contributed by atoms with Gasteiger partial charge in [0.25, 0.3) is 5.91 Å². The van der Waals surface area contributed by atoms with Crippen molar-refractivity contribution in [1.82, 2.24) is 5.32 Å². The van der Waals surface area contributed by atoms with Gasteiger partial charge >= 0.3 is 0 Å². The third kappa shape index (κ3) is 5.10. The standard InChI is InChI=1S/C13H16N4O2/c1-19-7-6-16-9-10(8-14)13(18)17-12-4-2-11(15)3-5-12/h2-5,9,16H,6-7,15H2,1H3,(H,17,18)/b10-9-. The molecular formula is C13H16N4O2. The van der Waals surface area contributed by atoms with Gasteiger partial charge in [-0.2, -0.15) is 5.26 Å². The van der Waals surface area contributed by atoms with Crippen LogP contribution >= 0.6 is 0 Å². The molecule has 1 aromatic carbocycles. The fraction of sp³-hybridized carbons (Fsp3) is 0.231. The lowest BCUT2D eigenvalue weighted by atomic mass is 10.2. The van der Waals surface area contributed by atoms with Gasteiger partial charge in [-0.25, -0.2) is 0 Å². The monoisotopic (exact) mass is 260 g/mol. The van der Waals surface area contributed by atoms with Crippen molar-refractivity contribution in [3.8, 4) is 6.07 Å². The van der Waals surface area contributed by atoms with Gasteiger partial charge in [0, 0.05) is 31.2 Å². The van der Waals surface area contributed by atoms with E-state index in [2.05, 4.69) is 10.6 Å². The van der Waals surface area contributed by atoms with Gasteiger partial charge in [0.05, 0.1) is 6.61 Å². The first-order valence-corrected chi connectivity index (χ1v) is 5.67. The van der Waals surface area contributed by atoms with Crippen LogP contribution in [0.1, 0.15) is 0 Å². The van der Waals surface area contributed by atoms with E-state index in [1.54, 1.807) is 31.4 Å². The molecule has 1 amide bonds. The van der Waals surface area contributed by atoms with E-state index in [-0.39, 0.29) is 5.57 Å². The van der Waals surface area contributed by atoms with Crippen molar-refractivity contribution in [2.45, 2.75) is 0 Å². The Bertz CT molecular complexity index is 488. The van der Waals surface area contributed by atoms with E-state index < -0.39 is 5.91 Å². The summed E-state index contributed by atoms with van der Waals surface area (Å²) >= 11 is 0. The Morgan fingerprint density at radius 1 is 1.47 bits per heavy atom. The third-order valence-electron chi connectivity index (χ3n) is 2.23. The number of amides is 1. The van der Waals surface area contributed by atoms with Crippen LogP contribution in [-0.4, -0.2) is 26.2 Å². The van der Waals surface area contributed by atoms with Crippen molar-refractivity contribution < 1.29 is 9.53 Å². The van der Waals surface area contributed by atoms with E-state index in [0.717, 1.165) is 0 Å². The van der Waals surface area contributed by atoms with Crippen LogP contribution in [0.3, 0.4) is 0 Å². The SMILES string of the molecule is COCCN/C=C(/C#N)C(=O)Nc1ccc(N)cc1. The van der Waals surface area contributed by atoms with Crippen molar-refractivity contribution in [1.29, 1.82) is 5.26 Å². The van der Waals surface area contributed by atoms with E-state index in [0.29, 0.717) is 24.5 Å². The summed E-state index contributed by atoms with van der Waals surface area (Å²) in [7, 11) is 1.57. The summed E-state index contributed by atoms with van der Waals surface area (Å²) < 4.78 is 4.84. The summed E-state index contributed by atoms with van der Waals surface area (Å²) in [6.07, 6.45) is 1.37. The first-order valence-electron chi connectivity index (χ1n) is 5.67. The Kier molecular flexibility index (Phi) is 5.92. The molecule has 0 aliphatic rings. The van der Waals surface area contributed by atoms with E-state index >= 15 is 0 Å². The number of anilines is 2. The molecule has 4 N–H and O–H groups in total. The Morgan fingerprint density at radius 2 is 2.16 bits per heavy atom. The highest BCUT2D eigenvalue weighted by Gasteiger charge is 2.08. The molecule has 19 heavy (non-hydrogen) atoms. The highest BCUT2D eigenvalue weighted by molar-refractivity contribution is 6.06. The van der Waals surface area contributed by atoms with Crippen LogP contribution in [0, 0.1) is 11.3 Å². The Balaban J connectivity index is 2.59. The molecule has 1 rings (SSSR count). The number of hydrogen-bond donors (Lipinski definition) is 3. The predicted molar refractivity (Wildman–Crippen MR) is 73.1 cm³/mol. The predicted octanol–water partition coefficient (Wildman–Crippen LogP) is 0.851. The number of ether oxygens (including phenoxy) is 1. The van der Waals surface area contributed by atoms with Crippen LogP contribution in [-0.2, 0) is 9.53 Å². The van der Waals surface area contributed by atoms with Crippen molar-refractivity contribution >= 4 is 17.3 Å². The van der Waals surface area contributed by atoms with E-state index in [9.17, 15) is 4.79 Å². The summed E-state index contributed by atoms with van der Waals surface area (Å²) in [4.78, 5) is 11.8. The molecule has 0 fully saturated rings. The zero-order chi connectivity index (χ0) is 14.1. The average Bonchev–Trinajstić information content (AvgIpc) is 2.41. The van der Waals surface area contributed by atoms with Crippen molar-refractivity contribution in [2.24, 2.45) is 0 Å².